The van der Waals surface area contributed by atoms with Crippen LogP contribution in [0.2, 0.25) is 0 Å². The summed E-state index contributed by atoms with van der Waals surface area (Å²) >= 11 is 0. The van der Waals surface area contributed by atoms with Crippen molar-refractivity contribution in [1.29, 1.82) is 0 Å². The number of aliphatic carboxylic acids is 1. The molecule has 0 aromatic heterocycles. The van der Waals surface area contributed by atoms with Crippen molar-refractivity contribution in [2.24, 2.45) is 17.8 Å². The van der Waals surface area contributed by atoms with Crippen molar-refractivity contribution in [3.8, 4) is 0 Å². The molecule has 6 nitrogen and oxygen atoms in total. The maximum absolute atomic E-state index is 14.2. The zero-order chi connectivity index (χ0) is 29.1. The van der Waals surface area contributed by atoms with E-state index in [-0.39, 0.29) is 36.1 Å². The third-order valence-electron chi connectivity index (χ3n) is 7.99. The predicted octanol–water partition coefficient (Wildman–Crippen LogP) is 6.89. The Kier molecular flexibility index (Phi) is 12.0. The Bertz CT molecular complexity index is 1130. The molecule has 3 N–H and O–H groups in total. The first kappa shape index (κ1) is 31.2. The largest absolute Gasteiger partial charge is 0.481 e. The van der Waals surface area contributed by atoms with Gasteiger partial charge in [-0.25, -0.2) is 0 Å². The van der Waals surface area contributed by atoms with E-state index in [9.17, 15) is 14.7 Å². The average molecular weight is 547 g/mol. The third-order valence-corrected chi connectivity index (χ3v) is 7.99. The first-order valence-corrected chi connectivity index (χ1v) is 14.7. The van der Waals surface area contributed by atoms with Crippen molar-refractivity contribution in [3.05, 3.63) is 89.7 Å². The fourth-order valence-corrected chi connectivity index (χ4v) is 5.91. The van der Waals surface area contributed by atoms with Gasteiger partial charge in [-0.05, 0) is 61.8 Å². The highest BCUT2D eigenvalue weighted by Gasteiger charge is 2.48. The normalized spacial score (nSPS) is 21.0. The van der Waals surface area contributed by atoms with Crippen LogP contribution < -0.4 is 5.32 Å². The highest BCUT2D eigenvalue weighted by atomic mass is 16.4. The molecule has 3 rings (SSSR count). The summed E-state index contributed by atoms with van der Waals surface area (Å²) in [5.41, 5.74) is 4.11. The number of nitrogens with one attached hydrogen (secondary N) is 1. The van der Waals surface area contributed by atoms with Gasteiger partial charge in [0, 0.05) is 36.3 Å². The molecule has 0 bridgehead atoms. The Morgan fingerprint density at radius 1 is 1.05 bits per heavy atom. The van der Waals surface area contributed by atoms with Crippen molar-refractivity contribution in [3.63, 3.8) is 0 Å². The standard InChI is InChI=1S/C34H46N2O4/c1-5-15-25(4)33-30(26-16-10-7-8-11-17-26)31(34(40)35-27-18-12-9-13-19-27)32(24(3)6-2)36(33)23-22-28(37)20-14-21-29(38)39/h7-13,15-19,24,26,28,31-32,37H,5-6,14,20-23H2,1-4H3,(H,35,40)(H,38,39)/b25-15+. The first-order valence-electron chi connectivity index (χ1n) is 14.7. The number of carbonyl (C=O) groups is 2. The molecule has 1 aliphatic heterocycles. The number of rotatable bonds is 14. The van der Waals surface area contributed by atoms with Crippen molar-refractivity contribution in [1.82, 2.24) is 4.90 Å². The molecule has 2 aliphatic rings. The number of hydrogen-bond donors (Lipinski definition) is 3. The number of allylic oxidation sites excluding steroid dienone is 8. The summed E-state index contributed by atoms with van der Waals surface area (Å²) in [5, 5.41) is 23.0. The van der Waals surface area contributed by atoms with Crippen LogP contribution in [0.1, 0.15) is 66.2 Å². The number of carboxylic acids is 1. The van der Waals surface area contributed by atoms with Gasteiger partial charge in [0.1, 0.15) is 0 Å². The highest BCUT2D eigenvalue weighted by molar-refractivity contribution is 5.96. The van der Waals surface area contributed by atoms with E-state index in [1.807, 2.05) is 54.6 Å². The Morgan fingerprint density at radius 3 is 2.33 bits per heavy atom. The molecule has 216 valence electrons. The van der Waals surface area contributed by atoms with Crippen LogP contribution in [0.25, 0.3) is 0 Å². The van der Waals surface area contributed by atoms with Gasteiger partial charge in [0.2, 0.25) is 5.91 Å². The number of para-hydroxylation sites is 1. The number of anilines is 1. The van der Waals surface area contributed by atoms with Gasteiger partial charge in [-0.2, -0.15) is 0 Å². The molecule has 0 spiro atoms. The van der Waals surface area contributed by atoms with Crippen molar-refractivity contribution in [2.75, 3.05) is 11.9 Å². The maximum atomic E-state index is 14.2. The van der Waals surface area contributed by atoms with E-state index in [0.29, 0.717) is 25.8 Å². The second kappa shape index (κ2) is 15.4. The van der Waals surface area contributed by atoms with Gasteiger partial charge >= 0.3 is 5.97 Å². The maximum Gasteiger partial charge on any atom is 0.303 e. The first-order chi connectivity index (χ1) is 19.3. The van der Waals surface area contributed by atoms with Crippen molar-refractivity contribution >= 4 is 17.6 Å². The molecule has 1 aromatic rings. The van der Waals surface area contributed by atoms with Gasteiger partial charge < -0.3 is 20.4 Å². The van der Waals surface area contributed by atoms with Crippen LogP contribution in [-0.4, -0.2) is 45.7 Å². The molecule has 0 radical (unpaired) electrons. The molecule has 1 amide bonds. The zero-order valence-electron chi connectivity index (χ0n) is 24.4. The Hall–Kier alpha value is -3.38. The fraction of sp³-hybridized carbons (Fsp3) is 0.471. The van der Waals surface area contributed by atoms with E-state index >= 15 is 0 Å². The lowest BCUT2D eigenvalue weighted by Crippen LogP contribution is -2.45. The third kappa shape index (κ3) is 8.07. The second-order valence-electron chi connectivity index (χ2n) is 10.9. The lowest BCUT2D eigenvalue weighted by atomic mass is 9.79. The monoisotopic (exact) mass is 546 g/mol. The number of aliphatic hydroxyl groups is 1. The number of hydrogen-bond acceptors (Lipinski definition) is 4. The van der Waals surface area contributed by atoms with Crippen LogP contribution in [0.5, 0.6) is 0 Å². The summed E-state index contributed by atoms with van der Waals surface area (Å²) in [5.74, 6) is -1.07. The number of amides is 1. The average Bonchev–Trinajstić information content (AvgIpc) is 3.05. The van der Waals surface area contributed by atoms with Gasteiger partial charge in [0.05, 0.1) is 12.0 Å². The van der Waals surface area contributed by atoms with E-state index in [1.54, 1.807) is 0 Å². The van der Waals surface area contributed by atoms with Crippen molar-refractivity contribution in [2.45, 2.75) is 78.4 Å². The molecule has 1 heterocycles. The second-order valence-corrected chi connectivity index (χ2v) is 10.9. The SMILES string of the molecule is CC/C=C(\C)C1=C(C2C=CC=CC=C2)C(C(=O)Nc2ccccc2)C(C(C)CC)N1CCC(O)CCCC(=O)O. The van der Waals surface area contributed by atoms with Gasteiger partial charge in [-0.15, -0.1) is 0 Å². The van der Waals surface area contributed by atoms with E-state index in [4.69, 9.17) is 5.11 Å². The quantitative estimate of drug-likeness (QED) is 0.237. The minimum Gasteiger partial charge on any atom is -0.481 e. The summed E-state index contributed by atoms with van der Waals surface area (Å²) in [6, 6.07) is 9.53. The number of carboxylic acid groups (broad SMARTS) is 1. The minimum absolute atomic E-state index is 0.0168. The van der Waals surface area contributed by atoms with Crippen LogP contribution in [0.4, 0.5) is 5.69 Å². The predicted molar refractivity (Wildman–Crippen MR) is 163 cm³/mol. The summed E-state index contributed by atoms with van der Waals surface area (Å²) in [6.45, 7) is 9.21. The lowest BCUT2D eigenvalue weighted by molar-refractivity contribution is -0.137. The topological polar surface area (TPSA) is 89.9 Å². The molecule has 0 saturated heterocycles. The van der Waals surface area contributed by atoms with Gasteiger partial charge in [-0.1, -0.05) is 87.9 Å². The summed E-state index contributed by atoms with van der Waals surface area (Å²) in [7, 11) is 0. The van der Waals surface area contributed by atoms with E-state index in [0.717, 1.165) is 35.4 Å². The van der Waals surface area contributed by atoms with Crippen LogP contribution in [0.15, 0.2) is 89.7 Å². The molecule has 1 aliphatic carbocycles. The summed E-state index contributed by atoms with van der Waals surface area (Å²) < 4.78 is 0. The van der Waals surface area contributed by atoms with E-state index in [1.165, 1.54) is 0 Å². The molecule has 1 aromatic carbocycles. The zero-order valence-corrected chi connectivity index (χ0v) is 24.4. The van der Waals surface area contributed by atoms with Crippen LogP contribution in [0, 0.1) is 17.8 Å². The van der Waals surface area contributed by atoms with Gasteiger partial charge in [0.25, 0.3) is 0 Å². The highest BCUT2D eigenvalue weighted by Crippen LogP contribution is 2.46. The Morgan fingerprint density at radius 2 is 1.73 bits per heavy atom. The Balaban J connectivity index is 2.09. The molecular formula is C34H46N2O4. The molecular weight excluding hydrogens is 500 g/mol. The number of carbonyl (C=O) groups excluding carboxylic acids is 1. The van der Waals surface area contributed by atoms with Crippen LogP contribution in [0.3, 0.4) is 0 Å². The molecule has 4 unspecified atom stereocenters. The Labute approximate surface area is 239 Å². The minimum atomic E-state index is -0.843. The molecule has 4 atom stereocenters. The molecule has 40 heavy (non-hydrogen) atoms. The lowest BCUT2D eigenvalue weighted by Gasteiger charge is -2.37. The van der Waals surface area contributed by atoms with Gasteiger partial charge in [-0.3, -0.25) is 9.59 Å². The molecule has 0 saturated carbocycles. The number of nitrogens with zero attached hydrogens (tertiary/aromatic N) is 1. The number of benzene rings is 1. The fourth-order valence-electron chi connectivity index (χ4n) is 5.91. The van der Waals surface area contributed by atoms with E-state index < -0.39 is 12.1 Å². The molecule has 0 fully saturated rings. The smallest absolute Gasteiger partial charge is 0.303 e. The van der Waals surface area contributed by atoms with Gasteiger partial charge in [0.15, 0.2) is 0 Å². The summed E-state index contributed by atoms with van der Waals surface area (Å²) in [4.78, 5) is 27.6. The van der Waals surface area contributed by atoms with E-state index in [2.05, 4.69) is 56.1 Å². The van der Waals surface area contributed by atoms with Crippen molar-refractivity contribution < 1.29 is 19.8 Å². The summed E-state index contributed by atoms with van der Waals surface area (Å²) in [6.07, 6.45) is 17.3. The number of aliphatic hydroxyl groups excluding tert-OH is 1. The van der Waals surface area contributed by atoms with Crippen LogP contribution >= 0.6 is 0 Å². The van der Waals surface area contributed by atoms with Crippen LogP contribution in [-0.2, 0) is 9.59 Å². The molecule has 6 heteroatoms.